The van der Waals surface area contributed by atoms with Gasteiger partial charge in [-0.1, -0.05) is 151 Å². The summed E-state index contributed by atoms with van der Waals surface area (Å²) >= 11 is 3.75. The van der Waals surface area contributed by atoms with Crippen molar-refractivity contribution in [2.45, 2.75) is 28.2 Å². The van der Waals surface area contributed by atoms with Gasteiger partial charge in [-0.2, -0.15) is 0 Å². The molecule has 1 aromatic heterocycles. The second kappa shape index (κ2) is 11.4. The standard InChI is InChI=1S/C48H32N2S2/c1-29-44(35-19-13-18-34-33-17-6-10-23-41(33)52-47(34)35)50-46(45(49-29)30-14-3-2-4-15-30)31-26-27-38-36(28-31)32-16-5-7-20-37(32)48(38)39-21-8-11-24-42(39)51-43-25-12-9-22-40(43)48/h2-29,49H,1H3. The lowest BCUT2D eigenvalue weighted by atomic mass is 9.67. The summed E-state index contributed by atoms with van der Waals surface area (Å²) in [6.45, 7) is 2.24. The molecule has 4 heteroatoms. The van der Waals surface area contributed by atoms with E-state index in [9.17, 15) is 0 Å². The smallest absolute Gasteiger partial charge is 0.0944 e. The van der Waals surface area contributed by atoms with Gasteiger partial charge in [0.05, 0.1) is 28.6 Å². The van der Waals surface area contributed by atoms with Crippen LogP contribution in [0.25, 0.3) is 42.7 Å². The van der Waals surface area contributed by atoms with E-state index in [4.69, 9.17) is 4.99 Å². The Labute approximate surface area is 311 Å². The van der Waals surface area contributed by atoms with E-state index >= 15 is 0 Å². The third kappa shape index (κ3) is 4.16. The van der Waals surface area contributed by atoms with Crippen LogP contribution >= 0.6 is 23.1 Å². The summed E-state index contributed by atoms with van der Waals surface area (Å²) in [5.74, 6) is 0. The van der Waals surface area contributed by atoms with Gasteiger partial charge in [0.25, 0.3) is 0 Å². The van der Waals surface area contributed by atoms with Gasteiger partial charge in [-0.25, -0.2) is 4.99 Å². The average Bonchev–Trinajstić information content (AvgIpc) is 3.72. The van der Waals surface area contributed by atoms with Crippen LogP contribution in [0, 0.1) is 0 Å². The van der Waals surface area contributed by atoms with Crippen LogP contribution in [-0.2, 0) is 5.41 Å². The van der Waals surface area contributed by atoms with Crippen molar-refractivity contribution in [3.05, 3.63) is 203 Å². The first-order chi connectivity index (χ1) is 25.7. The number of nitrogens with zero attached hydrogens (tertiary/aromatic N) is 1. The monoisotopic (exact) mass is 700 g/mol. The van der Waals surface area contributed by atoms with E-state index in [1.807, 2.05) is 23.1 Å². The molecule has 3 heterocycles. The van der Waals surface area contributed by atoms with Crippen molar-refractivity contribution in [1.29, 1.82) is 0 Å². The number of fused-ring (bicyclic) bond motifs is 12. The summed E-state index contributed by atoms with van der Waals surface area (Å²) in [4.78, 5) is 8.31. The predicted molar refractivity (Wildman–Crippen MR) is 220 cm³/mol. The van der Waals surface area contributed by atoms with E-state index in [2.05, 4.69) is 176 Å². The van der Waals surface area contributed by atoms with Crippen molar-refractivity contribution in [2.75, 3.05) is 0 Å². The Morgan fingerprint density at radius 2 is 1.17 bits per heavy atom. The molecule has 1 aliphatic carbocycles. The molecular formula is C48H32N2S2. The number of aliphatic imine (C=N–C) groups is 1. The fourth-order valence-corrected chi connectivity index (χ4v) is 11.3. The molecule has 1 unspecified atom stereocenters. The molecule has 0 fully saturated rings. The Hall–Kier alpha value is -5.68. The molecule has 3 aliphatic rings. The first-order valence-corrected chi connectivity index (χ1v) is 19.5. The Balaban J connectivity index is 1.17. The minimum absolute atomic E-state index is 0.0148. The van der Waals surface area contributed by atoms with E-state index in [1.54, 1.807) is 0 Å². The van der Waals surface area contributed by atoms with Crippen LogP contribution in [-0.4, -0.2) is 11.8 Å². The molecule has 11 rings (SSSR count). The van der Waals surface area contributed by atoms with E-state index in [0.29, 0.717) is 0 Å². The van der Waals surface area contributed by atoms with Gasteiger partial charge >= 0.3 is 0 Å². The summed E-state index contributed by atoms with van der Waals surface area (Å²) in [5.41, 5.74) is 14.1. The minimum Gasteiger partial charge on any atom is -0.375 e. The maximum absolute atomic E-state index is 5.68. The number of hydrogen-bond acceptors (Lipinski definition) is 4. The molecule has 1 N–H and O–H groups in total. The number of hydrogen-bond donors (Lipinski definition) is 1. The molecule has 2 aliphatic heterocycles. The largest absolute Gasteiger partial charge is 0.375 e. The molecule has 8 aromatic rings. The van der Waals surface area contributed by atoms with Gasteiger partial charge in [0.15, 0.2) is 0 Å². The summed E-state index contributed by atoms with van der Waals surface area (Å²) in [5, 5.41) is 6.54. The Morgan fingerprint density at radius 3 is 1.98 bits per heavy atom. The highest BCUT2D eigenvalue weighted by atomic mass is 32.2. The Kier molecular flexibility index (Phi) is 6.58. The first-order valence-electron chi connectivity index (χ1n) is 17.9. The fourth-order valence-electron chi connectivity index (χ4n) is 8.91. The van der Waals surface area contributed by atoms with Crippen LogP contribution < -0.4 is 5.32 Å². The van der Waals surface area contributed by atoms with Crippen LogP contribution in [0.5, 0.6) is 0 Å². The second-order valence-electron chi connectivity index (χ2n) is 13.9. The van der Waals surface area contributed by atoms with Gasteiger partial charge in [0, 0.05) is 41.1 Å². The van der Waals surface area contributed by atoms with Gasteiger partial charge in [0.2, 0.25) is 0 Å². The van der Waals surface area contributed by atoms with Gasteiger partial charge < -0.3 is 5.32 Å². The van der Waals surface area contributed by atoms with Crippen molar-refractivity contribution in [1.82, 2.24) is 5.32 Å². The highest BCUT2D eigenvalue weighted by molar-refractivity contribution is 7.99. The number of thiophene rings is 1. The van der Waals surface area contributed by atoms with Crippen LogP contribution in [0.3, 0.4) is 0 Å². The number of rotatable bonds is 3. The molecule has 246 valence electrons. The molecule has 52 heavy (non-hydrogen) atoms. The zero-order valence-electron chi connectivity index (χ0n) is 28.4. The van der Waals surface area contributed by atoms with Gasteiger partial charge in [0.1, 0.15) is 0 Å². The number of benzene rings is 7. The maximum atomic E-state index is 5.68. The summed E-state index contributed by atoms with van der Waals surface area (Å²) < 4.78 is 2.59. The van der Waals surface area contributed by atoms with Crippen molar-refractivity contribution < 1.29 is 0 Å². The molecule has 2 nitrogen and oxygen atoms in total. The lowest BCUT2D eigenvalue weighted by Crippen LogP contribution is -2.37. The second-order valence-corrected chi connectivity index (χ2v) is 16.0. The lowest BCUT2D eigenvalue weighted by molar-refractivity contribution is 0.722. The molecular weight excluding hydrogens is 669 g/mol. The lowest BCUT2D eigenvalue weighted by Gasteiger charge is -2.39. The topological polar surface area (TPSA) is 24.4 Å². The van der Waals surface area contributed by atoms with Crippen molar-refractivity contribution in [3.8, 4) is 11.1 Å². The summed E-state index contributed by atoms with van der Waals surface area (Å²) in [6, 6.07) is 60.2. The molecule has 0 amide bonds. The highest BCUT2D eigenvalue weighted by Crippen LogP contribution is 2.62. The molecule has 1 spiro atoms. The summed E-state index contributed by atoms with van der Waals surface area (Å²) in [7, 11) is 0. The molecule has 0 bridgehead atoms. The zero-order valence-corrected chi connectivity index (χ0v) is 30.1. The average molecular weight is 701 g/mol. The normalized spacial score (nSPS) is 16.6. The fraction of sp³-hybridized carbons (Fsp3) is 0.0625. The molecule has 7 aromatic carbocycles. The molecule has 0 saturated carbocycles. The number of nitrogens with one attached hydrogen (secondary N) is 1. The van der Waals surface area contributed by atoms with Crippen LogP contribution in [0.15, 0.2) is 179 Å². The van der Waals surface area contributed by atoms with E-state index in [1.165, 1.54) is 68.9 Å². The predicted octanol–water partition coefficient (Wildman–Crippen LogP) is 12.2. The van der Waals surface area contributed by atoms with Crippen LogP contribution in [0.2, 0.25) is 0 Å². The molecule has 1 atom stereocenters. The van der Waals surface area contributed by atoms with E-state index in [-0.39, 0.29) is 6.04 Å². The highest BCUT2D eigenvalue weighted by Gasteiger charge is 2.50. The van der Waals surface area contributed by atoms with Gasteiger partial charge in [-0.3, -0.25) is 0 Å². The Bertz CT molecular complexity index is 2780. The maximum Gasteiger partial charge on any atom is 0.0944 e. The van der Waals surface area contributed by atoms with E-state index < -0.39 is 5.41 Å². The van der Waals surface area contributed by atoms with Crippen molar-refractivity contribution >= 4 is 60.4 Å². The molecule has 0 saturated heterocycles. The van der Waals surface area contributed by atoms with Crippen LogP contribution in [0.1, 0.15) is 45.9 Å². The van der Waals surface area contributed by atoms with Gasteiger partial charge in [-0.15, -0.1) is 11.3 Å². The van der Waals surface area contributed by atoms with Crippen molar-refractivity contribution in [2.24, 2.45) is 4.99 Å². The van der Waals surface area contributed by atoms with Crippen LogP contribution in [0.4, 0.5) is 0 Å². The first kappa shape index (κ1) is 30.0. The SMILES string of the molecule is CC1NC(c2ccccc2)=C(c2ccc3c(c2)-c2ccccc2C32c3ccccc3Sc3ccccc32)N=C1c1cccc2c1sc1ccccc12. The third-order valence-electron chi connectivity index (χ3n) is 11.1. The van der Waals surface area contributed by atoms with Crippen molar-refractivity contribution in [3.63, 3.8) is 0 Å². The van der Waals surface area contributed by atoms with Gasteiger partial charge in [-0.05, 0) is 70.1 Å². The third-order valence-corrected chi connectivity index (χ3v) is 13.5. The van der Waals surface area contributed by atoms with E-state index in [0.717, 1.165) is 28.2 Å². The quantitative estimate of drug-likeness (QED) is 0.198. The molecule has 0 radical (unpaired) electrons. The zero-order chi connectivity index (χ0) is 34.4. The minimum atomic E-state index is -0.399. The Morgan fingerprint density at radius 1 is 0.538 bits per heavy atom. The summed E-state index contributed by atoms with van der Waals surface area (Å²) in [6.07, 6.45) is 0.